The van der Waals surface area contributed by atoms with Gasteiger partial charge in [-0.1, -0.05) is 0 Å². The number of primary sulfonamides is 1. The Morgan fingerprint density at radius 2 is 1.84 bits per heavy atom. The minimum atomic E-state index is -4.30. The molecule has 0 spiro atoms. The molecule has 0 aliphatic carbocycles. The molecule has 0 aliphatic rings. The van der Waals surface area contributed by atoms with Crippen molar-refractivity contribution in [1.29, 1.82) is 0 Å². The summed E-state index contributed by atoms with van der Waals surface area (Å²) in [7, 11) is -4.30. The molecule has 0 radical (unpaired) electrons. The molecule has 8 heteroatoms. The number of nitrogens with two attached hydrogens (primary N) is 1. The Labute approximate surface area is 110 Å². The minimum absolute atomic E-state index is 0.00468. The van der Waals surface area contributed by atoms with Gasteiger partial charge in [0, 0.05) is 0 Å². The van der Waals surface area contributed by atoms with Crippen LogP contribution in [0.4, 0.5) is 8.78 Å². The molecule has 1 aromatic rings. The predicted octanol–water partition coefficient (Wildman–Crippen LogP) is 1.42. The fourth-order valence-corrected chi connectivity index (χ4v) is 1.88. The van der Waals surface area contributed by atoms with Gasteiger partial charge in [0.1, 0.15) is 11.5 Å². The SMILES string of the molecule is CC(C)OCCOc1ccc(S(N)(=O)=O)c(F)c1F. The van der Waals surface area contributed by atoms with Crippen LogP contribution in [0.3, 0.4) is 0 Å². The maximum absolute atomic E-state index is 13.5. The maximum Gasteiger partial charge on any atom is 0.241 e. The van der Waals surface area contributed by atoms with E-state index >= 15 is 0 Å². The average molecular weight is 295 g/mol. The fraction of sp³-hybridized carbons (Fsp3) is 0.455. The third kappa shape index (κ3) is 4.41. The van der Waals surface area contributed by atoms with E-state index in [1.54, 1.807) is 0 Å². The van der Waals surface area contributed by atoms with Crippen LogP contribution >= 0.6 is 0 Å². The average Bonchev–Trinajstić information content (AvgIpc) is 2.27. The van der Waals surface area contributed by atoms with Crippen LogP contribution in [0.25, 0.3) is 0 Å². The van der Waals surface area contributed by atoms with Crippen molar-refractivity contribution in [2.24, 2.45) is 5.14 Å². The van der Waals surface area contributed by atoms with Gasteiger partial charge >= 0.3 is 0 Å². The molecule has 108 valence electrons. The zero-order valence-corrected chi connectivity index (χ0v) is 11.3. The van der Waals surface area contributed by atoms with Crippen molar-refractivity contribution in [1.82, 2.24) is 0 Å². The highest BCUT2D eigenvalue weighted by molar-refractivity contribution is 7.89. The number of hydrogen-bond acceptors (Lipinski definition) is 4. The molecule has 0 heterocycles. The summed E-state index contributed by atoms with van der Waals surface area (Å²) in [6.07, 6.45) is -0.00468. The first-order valence-electron chi connectivity index (χ1n) is 5.48. The van der Waals surface area contributed by atoms with Crippen molar-refractivity contribution in [3.05, 3.63) is 23.8 Å². The monoisotopic (exact) mass is 295 g/mol. The second kappa shape index (κ2) is 6.27. The second-order valence-corrected chi connectivity index (χ2v) is 5.53. The van der Waals surface area contributed by atoms with Crippen molar-refractivity contribution in [3.63, 3.8) is 0 Å². The lowest BCUT2D eigenvalue weighted by Gasteiger charge is -2.11. The van der Waals surface area contributed by atoms with Crippen molar-refractivity contribution in [3.8, 4) is 5.75 Å². The maximum atomic E-state index is 13.5. The van der Waals surface area contributed by atoms with Crippen molar-refractivity contribution in [2.45, 2.75) is 24.8 Å². The minimum Gasteiger partial charge on any atom is -0.488 e. The Hall–Kier alpha value is -1.25. The lowest BCUT2D eigenvalue weighted by Crippen LogP contribution is -2.16. The van der Waals surface area contributed by atoms with Gasteiger partial charge in [-0.05, 0) is 26.0 Å². The summed E-state index contributed by atoms with van der Waals surface area (Å²) in [6.45, 7) is 3.86. The summed E-state index contributed by atoms with van der Waals surface area (Å²) in [4.78, 5) is -0.907. The van der Waals surface area contributed by atoms with Crippen LogP contribution in [-0.2, 0) is 14.8 Å². The molecule has 0 unspecified atom stereocenters. The van der Waals surface area contributed by atoms with Gasteiger partial charge in [0.2, 0.25) is 15.8 Å². The van der Waals surface area contributed by atoms with Crippen molar-refractivity contribution < 1.29 is 26.7 Å². The summed E-state index contributed by atoms with van der Waals surface area (Å²) in [5.41, 5.74) is 0. The first kappa shape index (κ1) is 15.8. The third-order valence-electron chi connectivity index (χ3n) is 2.11. The van der Waals surface area contributed by atoms with Gasteiger partial charge in [-0.2, -0.15) is 4.39 Å². The fourth-order valence-electron chi connectivity index (χ4n) is 1.28. The molecule has 0 aromatic heterocycles. The Morgan fingerprint density at radius 1 is 1.21 bits per heavy atom. The quantitative estimate of drug-likeness (QED) is 0.805. The number of rotatable bonds is 6. The lowest BCUT2D eigenvalue weighted by molar-refractivity contribution is 0.0542. The zero-order chi connectivity index (χ0) is 14.6. The molecule has 5 nitrogen and oxygen atoms in total. The van der Waals surface area contributed by atoms with E-state index in [1.807, 2.05) is 13.8 Å². The Kier molecular flexibility index (Phi) is 5.21. The third-order valence-corrected chi connectivity index (χ3v) is 3.04. The van der Waals surface area contributed by atoms with E-state index in [-0.39, 0.29) is 19.3 Å². The summed E-state index contributed by atoms with van der Waals surface area (Å²) in [6, 6.07) is 1.86. The van der Waals surface area contributed by atoms with Gasteiger partial charge < -0.3 is 9.47 Å². The van der Waals surface area contributed by atoms with Gasteiger partial charge in [-0.25, -0.2) is 17.9 Å². The van der Waals surface area contributed by atoms with Gasteiger partial charge in [-0.15, -0.1) is 0 Å². The van der Waals surface area contributed by atoms with E-state index in [4.69, 9.17) is 14.6 Å². The molecule has 0 aliphatic heterocycles. The summed E-state index contributed by atoms with van der Waals surface area (Å²) < 4.78 is 59.0. The number of hydrogen-bond donors (Lipinski definition) is 1. The molecule has 19 heavy (non-hydrogen) atoms. The molecule has 0 atom stereocenters. The van der Waals surface area contributed by atoms with Gasteiger partial charge in [-0.3, -0.25) is 0 Å². The van der Waals surface area contributed by atoms with Crippen LogP contribution in [0.5, 0.6) is 5.75 Å². The largest absolute Gasteiger partial charge is 0.488 e. The van der Waals surface area contributed by atoms with Crippen molar-refractivity contribution >= 4 is 10.0 Å². The van der Waals surface area contributed by atoms with Gasteiger partial charge in [0.05, 0.1) is 12.7 Å². The number of sulfonamides is 1. The molecule has 2 N–H and O–H groups in total. The molecule has 0 amide bonds. The standard InChI is InChI=1S/C11H15F2NO4S/c1-7(2)17-5-6-18-8-3-4-9(19(14,15)16)11(13)10(8)12/h3-4,7H,5-6H2,1-2H3,(H2,14,15,16). The molecule has 1 rings (SSSR count). The predicted molar refractivity (Wildman–Crippen MR) is 64.3 cm³/mol. The van der Waals surface area contributed by atoms with E-state index in [9.17, 15) is 17.2 Å². The zero-order valence-electron chi connectivity index (χ0n) is 10.5. The summed E-state index contributed by atoms with van der Waals surface area (Å²) in [5.74, 6) is -3.34. The van der Waals surface area contributed by atoms with E-state index in [0.717, 1.165) is 12.1 Å². The van der Waals surface area contributed by atoms with Crippen LogP contribution < -0.4 is 9.88 Å². The van der Waals surface area contributed by atoms with Crippen LogP contribution in [-0.4, -0.2) is 27.7 Å². The highest BCUT2D eigenvalue weighted by atomic mass is 32.2. The number of halogens is 2. The Bertz CT molecular complexity index is 546. The molecular weight excluding hydrogens is 280 g/mol. The smallest absolute Gasteiger partial charge is 0.241 e. The lowest BCUT2D eigenvalue weighted by atomic mass is 10.3. The van der Waals surface area contributed by atoms with Gasteiger partial charge in [0.25, 0.3) is 0 Å². The summed E-state index contributed by atoms with van der Waals surface area (Å²) >= 11 is 0. The number of benzene rings is 1. The van der Waals surface area contributed by atoms with Crippen LogP contribution in [0.15, 0.2) is 17.0 Å². The molecule has 0 saturated carbocycles. The number of ether oxygens (including phenoxy) is 2. The van der Waals surface area contributed by atoms with Crippen LogP contribution in [0.2, 0.25) is 0 Å². The molecule has 0 saturated heterocycles. The van der Waals surface area contributed by atoms with E-state index in [2.05, 4.69) is 0 Å². The molecule has 0 fully saturated rings. The molecule has 0 bridgehead atoms. The van der Waals surface area contributed by atoms with Crippen LogP contribution in [0.1, 0.15) is 13.8 Å². The summed E-state index contributed by atoms with van der Waals surface area (Å²) in [5, 5.41) is 4.74. The normalized spacial score (nSPS) is 11.9. The van der Waals surface area contributed by atoms with E-state index in [1.165, 1.54) is 0 Å². The van der Waals surface area contributed by atoms with Crippen molar-refractivity contribution in [2.75, 3.05) is 13.2 Å². The highest BCUT2D eigenvalue weighted by Gasteiger charge is 2.21. The Morgan fingerprint density at radius 3 is 2.37 bits per heavy atom. The highest BCUT2D eigenvalue weighted by Crippen LogP contribution is 2.24. The topological polar surface area (TPSA) is 78.6 Å². The first-order chi connectivity index (χ1) is 8.73. The Balaban J connectivity index is 2.80. The second-order valence-electron chi connectivity index (χ2n) is 4.00. The van der Waals surface area contributed by atoms with E-state index < -0.39 is 32.3 Å². The molecule has 1 aromatic carbocycles. The molecular formula is C11H15F2NO4S. The van der Waals surface area contributed by atoms with E-state index in [0.29, 0.717) is 0 Å². The van der Waals surface area contributed by atoms with Crippen LogP contribution in [0, 0.1) is 11.6 Å². The first-order valence-corrected chi connectivity index (χ1v) is 7.03. The van der Waals surface area contributed by atoms with Gasteiger partial charge in [0.15, 0.2) is 11.6 Å².